The molecule has 0 spiro atoms. The molecule has 0 aliphatic carbocycles. The van der Waals surface area contributed by atoms with Crippen LogP contribution in [-0.2, 0) is 13.6 Å². The molecule has 28 heavy (non-hydrogen) atoms. The Morgan fingerprint density at radius 1 is 0.964 bits per heavy atom. The maximum Gasteiger partial charge on any atom is 0.192 e. The van der Waals surface area contributed by atoms with Crippen LogP contribution in [0, 0.1) is 5.92 Å². The molecule has 0 fully saturated rings. The minimum Gasteiger partial charge on any atom is -0.417 e. The normalized spacial score (nSPS) is 17.1. The van der Waals surface area contributed by atoms with Gasteiger partial charge < -0.3 is 13.6 Å². The molecular formula is C23H46O3Si2. The lowest BCUT2D eigenvalue weighted by molar-refractivity contribution is -0.112. The van der Waals surface area contributed by atoms with Gasteiger partial charge in [0, 0.05) is 12.5 Å². The van der Waals surface area contributed by atoms with Gasteiger partial charge in [-0.1, -0.05) is 72.3 Å². The van der Waals surface area contributed by atoms with Crippen molar-refractivity contribution in [2.75, 3.05) is 6.61 Å². The molecule has 0 heterocycles. The van der Waals surface area contributed by atoms with E-state index in [1.807, 2.05) is 6.92 Å². The molecule has 0 aliphatic rings. The lowest BCUT2D eigenvalue weighted by Crippen LogP contribution is -2.45. The largest absolute Gasteiger partial charge is 0.417 e. The fraction of sp³-hybridized carbons (Fsp3) is 0.783. The van der Waals surface area contributed by atoms with Crippen LogP contribution in [-0.4, -0.2) is 35.6 Å². The Morgan fingerprint density at radius 2 is 1.46 bits per heavy atom. The molecule has 2 atom stereocenters. The fourth-order valence-corrected chi connectivity index (χ4v) is 4.44. The summed E-state index contributed by atoms with van der Waals surface area (Å²) in [5.41, 5.74) is 1.18. The highest BCUT2D eigenvalue weighted by atomic mass is 28.4. The van der Waals surface area contributed by atoms with Crippen LogP contribution >= 0.6 is 0 Å². The van der Waals surface area contributed by atoms with Gasteiger partial charge >= 0.3 is 0 Å². The monoisotopic (exact) mass is 426 g/mol. The SMILES string of the molecule is CC(/C=C/[C@@H](O[Si](C)(C)C(C)(C)C)[C@H](C)C=O)=C\CCO[Si](C)(C)C(C)(C)C. The van der Waals surface area contributed by atoms with Crippen LogP contribution in [0.4, 0.5) is 0 Å². The van der Waals surface area contributed by atoms with Crippen LogP contribution in [0.25, 0.3) is 0 Å². The van der Waals surface area contributed by atoms with Crippen molar-refractivity contribution in [1.29, 1.82) is 0 Å². The summed E-state index contributed by atoms with van der Waals surface area (Å²) in [7, 11) is -3.61. The van der Waals surface area contributed by atoms with E-state index < -0.39 is 16.6 Å². The number of hydrogen-bond donors (Lipinski definition) is 0. The molecule has 0 aromatic rings. The van der Waals surface area contributed by atoms with E-state index in [1.54, 1.807) is 0 Å². The van der Waals surface area contributed by atoms with Crippen molar-refractivity contribution in [2.45, 2.75) is 104 Å². The van der Waals surface area contributed by atoms with Gasteiger partial charge in [0.25, 0.3) is 0 Å². The van der Waals surface area contributed by atoms with Gasteiger partial charge in [-0.15, -0.1) is 0 Å². The standard InChI is InChI=1S/C23H46O3Si2/c1-19(14-13-17-25-27(9,10)22(3,4)5)15-16-21(20(2)18-24)26-28(11,12)23(6,7)8/h14-16,18,20-21H,13,17H2,1-12H3/b16-15+,19-14+/t20-,21-/m1/s1. The third-order valence-corrected chi connectivity index (χ3v) is 15.4. The number of allylic oxidation sites excluding steroid dienone is 2. The minimum absolute atomic E-state index is 0.119. The smallest absolute Gasteiger partial charge is 0.192 e. The van der Waals surface area contributed by atoms with Gasteiger partial charge in [0.1, 0.15) is 6.29 Å². The highest BCUT2D eigenvalue weighted by Gasteiger charge is 2.39. The Hall–Kier alpha value is -0.496. The Kier molecular flexibility index (Phi) is 10.3. The molecule has 0 rings (SSSR count). The molecule has 0 unspecified atom stereocenters. The Balaban J connectivity index is 4.97. The van der Waals surface area contributed by atoms with Crippen LogP contribution in [0.5, 0.6) is 0 Å². The van der Waals surface area contributed by atoms with Crippen molar-refractivity contribution >= 4 is 22.9 Å². The summed E-state index contributed by atoms with van der Waals surface area (Å²) in [5, 5.41) is 0.360. The summed E-state index contributed by atoms with van der Waals surface area (Å²) in [5.74, 6) is -0.153. The topological polar surface area (TPSA) is 35.5 Å². The van der Waals surface area contributed by atoms with Gasteiger partial charge in [-0.05, 0) is 49.6 Å². The van der Waals surface area contributed by atoms with Gasteiger partial charge in [-0.25, -0.2) is 0 Å². The molecular weight excluding hydrogens is 380 g/mol. The molecule has 0 saturated heterocycles. The Bertz CT molecular complexity index is 549. The molecule has 0 aromatic heterocycles. The third kappa shape index (κ3) is 8.89. The van der Waals surface area contributed by atoms with Crippen molar-refractivity contribution < 1.29 is 13.6 Å². The first-order chi connectivity index (χ1) is 12.4. The zero-order valence-corrected chi connectivity index (χ0v) is 22.6. The van der Waals surface area contributed by atoms with Gasteiger partial charge in [0.2, 0.25) is 0 Å². The molecule has 0 aliphatic heterocycles. The predicted molar refractivity (Wildman–Crippen MR) is 128 cm³/mol. The summed E-state index contributed by atoms with van der Waals surface area (Å²) >= 11 is 0. The van der Waals surface area contributed by atoms with E-state index in [9.17, 15) is 4.79 Å². The van der Waals surface area contributed by atoms with Crippen LogP contribution in [0.3, 0.4) is 0 Å². The van der Waals surface area contributed by atoms with E-state index in [0.717, 1.165) is 19.3 Å². The van der Waals surface area contributed by atoms with Crippen LogP contribution in [0.15, 0.2) is 23.8 Å². The van der Waals surface area contributed by atoms with Crippen molar-refractivity contribution in [3.05, 3.63) is 23.8 Å². The summed E-state index contributed by atoms with van der Waals surface area (Å²) in [4.78, 5) is 11.4. The lowest BCUT2D eigenvalue weighted by Gasteiger charge is -2.39. The first-order valence-electron chi connectivity index (χ1n) is 10.6. The maximum absolute atomic E-state index is 11.4. The second-order valence-corrected chi connectivity index (χ2v) is 20.6. The van der Waals surface area contributed by atoms with E-state index in [1.165, 1.54) is 5.57 Å². The van der Waals surface area contributed by atoms with Gasteiger partial charge in [-0.2, -0.15) is 0 Å². The summed E-state index contributed by atoms with van der Waals surface area (Å²) < 4.78 is 12.7. The number of rotatable bonds is 10. The summed E-state index contributed by atoms with van der Waals surface area (Å²) in [6.45, 7) is 27.3. The zero-order valence-electron chi connectivity index (χ0n) is 20.6. The summed E-state index contributed by atoms with van der Waals surface area (Å²) in [6.07, 6.45) is 8.07. The highest BCUT2D eigenvalue weighted by molar-refractivity contribution is 6.74. The highest BCUT2D eigenvalue weighted by Crippen LogP contribution is 2.38. The number of carbonyl (C=O) groups is 1. The molecule has 0 saturated carbocycles. The third-order valence-electron chi connectivity index (χ3n) is 6.37. The first kappa shape index (κ1) is 27.5. The molecule has 0 amide bonds. The quantitative estimate of drug-likeness (QED) is 0.161. The predicted octanol–water partition coefficient (Wildman–Crippen LogP) is 7.13. The van der Waals surface area contributed by atoms with Crippen molar-refractivity contribution in [2.24, 2.45) is 5.92 Å². The lowest BCUT2D eigenvalue weighted by atomic mass is 10.1. The Labute approximate surface area is 177 Å². The average molecular weight is 427 g/mol. The van der Waals surface area contributed by atoms with E-state index in [0.29, 0.717) is 0 Å². The van der Waals surface area contributed by atoms with E-state index >= 15 is 0 Å². The van der Waals surface area contributed by atoms with Gasteiger partial charge in [0.05, 0.1) is 6.10 Å². The van der Waals surface area contributed by atoms with Gasteiger partial charge in [-0.3, -0.25) is 0 Å². The van der Waals surface area contributed by atoms with Crippen molar-refractivity contribution in [1.82, 2.24) is 0 Å². The number of carbonyl (C=O) groups excluding carboxylic acids is 1. The summed E-state index contributed by atoms with van der Waals surface area (Å²) in [6, 6.07) is 0. The molecule has 5 heteroatoms. The number of aldehydes is 1. The van der Waals surface area contributed by atoms with Crippen LogP contribution in [0.1, 0.15) is 61.8 Å². The second-order valence-electron chi connectivity index (χ2n) is 11.0. The first-order valence-corrected chi connectivity index (χ1v) is 16.4. The molecule has 0 N–H and O–H groups in total. The van der Waals surface area contributed by atoms with Gasteiger partial charge in [0.15, 0.2) is 16.6 Å². The Morgan fingerprint density at radius 3 is 1.89 bits per heavy atom. The van der Waals surface area contributed by atoms with Crippen LogP contribution < -0.4 is 0 Å². The molecule has 0 radical (unpaired) electrons. The van der Waals surface area contributed by atoms with Crippen LogP contribution in [0.2, 0.25) is 36.3 Å². The second kappa shape index (κ2) is 10.5. The fourth-order valence-electron chi connectivity index (χ4n) is 2.05. The molecule has 3 nitrogen and oxygen atoms in total. The van der Waals surface area contributed by atoms with Crippen molar-refractivity contribution in [3.63, 3.8) is 0 Å². The van der Waals surface area contributed by atoms with E-state index in [4.69, 9.17) is 8.85 Å². The minimum atomic E-state index is -1.93. The molecule has 164 valence electrons. The number of hydrogen-bond acceptors (Lipinski definition) is 3. The van der Waals surface area contributed by atoms with E-state index in [2.05, 4.69) is 92.9 Å². The average Bonchev–Trinajstić information content (AvgIpc) is 2.52. The molecule has 0 aromatic carbocycles. The van der Waals surface area contributed by atoms with E-state index in [-0.39, 0.29) is 22.1 Å². The maximum atomic E-state index is 11.4. The van der Waals surface area contributed by atoms with Crippen molar-refractivity contribution in [3.8, 4) is 0 Å². The zero-order chi connectivity index (χ0) is 22.4. The molecule has 0 bridgehead atoms.